The molecule has 2 rings (SSSR count). The lowest BCUT2D eigenvalue weighted by Crippen LogP contribution is -2.36. The zero-order valence-electron chi connectivity index (χ0n) is 15.9. The summed E-state index contributed by atoms with van der Waals surface area (Å²) in [6, 6.07) is 7.87. The van der Waals surface area contributed by atoms with Crippen molar-refractivity contribution in [3.05, 3.63) is 41.7 Å². The number of aromatic nitrogens is 2. The molecule has 1 N–H and O–H groups in total. The first-order valence-corrected chi connectivity index (χ1v) is 8.51. The van der Waals surface area contributed by atoms with Crippen LogP contribution in [0.5, 0.6) is 5.75 Å². The van der Waals surface area contributed by atoms with E-state index in [0.29, 0.717) is 18.2 Å². The zero-order valence-corrected chi connectivity index (χ0v) is 15.9. The van der Waals surface area contributed by atoms with Gasteiger partial charge in [0, 0.05) is 21.1 Å². The van der Waals surface area contributed by atoms with Crippen molar-refractivity contribution in [3.8, 4) is 5.75 Å². The molecule has 1 atom stereocenters. The van der Waals surface area contributed by atoms with Gasteiger partial charge in [0.15, 0.2) is 6.10 Å². The highest BCUT2D eigenvalue weighted by molar-refractivity contribution is 5.80. The lowest BCUT2D eigenvalue weighted by Gasteiger charge is -2.16. The van der Waals surface area contributed by atoms with Crippen LogP contribution >= 0.6 is 0 Å². The van der Waals surface area contributed by atoms with Crippen LogP contribution in [0.3, 0.4) is 0 Å². The van der Waals surface area contributed by atoms with Gasteiger partial charge in [-0.3, -0.25) is 4.79 Å². The molecule has 1 aromatic heterocycles. The molecule has 6 nitrogen and oxygen atoms in total. The lowest BCUT2D eigenvalue weighted by atomic mass is 10.0. The molecule has 0 saturated carbocycles. The Balaban J connectivity index is 1.93. The predicted octanol–water partition coefficient (Wildman–Crippen LogP) is 2.69. The van der Waals surface area contributed by atoms with E-state index in [1.165, 1.54) is 5.56 Å². The molecule has 0 saturated heterocycles. The number of carbonyl (C=O) groups excluding carboxylic acids is 1. The number of nitrogens with zero attached hydrogens (tertiary/aromatic N) is 3. The van der Waals surface area contributed by atoms with Gasteiger partial charge in [0.05, 0.1) is 18.4 Å². The molecule has 1 heterocycles. The molecule has 25 heavy (non-hydrogen) atoms. The molecule has 136 valence electrons. The fourth-order valence-electron chi connectivity index (χ4n) is 2.54. The molecule has 2 aromatic rings. The SMILES string of the molecule is CC(Oc1cccc(C(C)C)c1)C(=O)NCc1cnc(N(C)C)n1C. The molecule has 0 aliphatic carbocycles. The van der Waals surface area contributed by atoms with Crippen LogP contribution in [-0.4, -0.2) is 35.7 Å². The Morgan fingerprint density at radius 3 is 2.64 bits per heavy atom. The molecule has 1 unspecified atom stereocenters. The van der Waals surface area contributed by atoms with Crippen molar-refractivity contribution in [3.63, 3.8) is 0 Å². The number of nitrogens with one attached hydrogen (secondary N) is 1. The van der Waals surface area contributed by atoms with Crippen molar-refractivity contribution in [1.82, 2.24) is 14.9 Å². The number of ether oxygens (including phenoxy) is 1. The number of carbonyl (C=O) groups is 1. The normalized spacial score (nSPS) is 12.1. The topological polar surface area (TPSA) is 59.4 Å². The summed E-state index contributed by atoms with van der Waals surface area (Å²) in [7, 11) is 5.80. The fraction of sp³-hybridized carbons (Fsp3) is 0.474. The van der Waals surface area contributed by atoms with E-state index in [9.17, 15) is 4.79 Å². The summed E-state index contributed by atoms with van der Waals surface area (Å²) in [6.45, 7) is 6.43. The number of hydrogen-bond acceptors (Lipinski definition) is 4. The maximum absolute atomic E-state index is 12.3. The number of hydrogen-bond donors (Lipinski definition) is 1. The summed E-state index contributed by atoms with van der Waals surface area (Å²) < 4.78 is 7.74. The van der Waals surface area contributed by atoms with Crippen LogP contribution in [-0.2, 0) is 18.4 Å². The van der Waals surface area contributed by atoms with Crippen molar-refractivity contribution in [1.29, 1.82) is 0 Å². The van der Waals surface area contributed by atoms with Crippen molar-refractivity contribution < 1.29 is 9.53 Å². The van der Waals surface area contributed by atoms with E-state index >= 15 is 0 Å². The Labute approximate surface area is 149 Å². The quantitative estimate of drug-likeness (QED) is 0.839. The Bertz CT molecular complexity index is 722. The first kappa shape index (κ1) is 18.8. The van der Waals surface area contributed by atoms with E-state index in [1.807, 2.05) is 48.8 Å². The fourth-order valence-corrected chi connectivity index (χ4v) is 2.54. The van der Waals surface area contributed by atoms with Gasteiger partial charge in [-0.25, -0.2) is 4.98 Å². The number of benzene rings is 1. The Morgan fingerprint density at radius 2 is 2.04 bits per heavy atom. The van der Waals surface area contributed by atoms with Gasteiger partial charge in [-0.15, -0.1) is 0 Å². The molecular weight excluding hydrogens is 316 g/mol. The molecule has 1 aromatic carbocycles. The molecule has 6 heteroatoms. The van der Waals surface area contributed by atoms with Gasteiger partial charge < -0.3 is 19.5 Å². The zero-order chi connectivity index (χ0) is 18.6. The third-order valence-electron chi connectivity index (χ3n) is 4.11. The van der Waals surface area contributed by atoms with E-state index in [4.69, 9.17) is 4.74 Å². The van der Waals surface area contributed by atoms with E-state index < -0.39 is 6.10 Å². The molecule has 0 spiro atoms. The standard InChI is InChI=1S/C19H28N4O2/c1-13(2)15-8-7-9-17(10-15)25-14(3)18(24)20-11-16-12-21-19(22(4)5)23(16)6/h7-10,12-14H,11H2,1-6H3,(H,20,24). The summed E-state index contributed by atoms with van der Waals surface area (Å²) >= 11 is 0. The molecule has 0 aliphatic rings. The minimum atomic E-state index is -0.566. The van der Waals surface area contributed by atoms with Crippen LogP contribution in [0.25, 0.3) is 0 Å². The Kier molecular flexibility index (Phi) is 6.07. The number of imidazole rings is 1. The second-order valence-corrected chi connectivity index (χ2v) is 6.71. The van der Waals surface area contributed by atoms with E-state index in [0.717, 1.165) is 11.6 Å². The second-order valence-electron chi connectivity index (χ2n) is 6.71. The summed E-state index contributed by atoms with van der Waals surface area (Å²) in [6.07, 6.45) is 1.21. The summed E-state index contributed by atoms with van der Waals surface area (Å²) in [5.74, 6) is 1.83. The first-order chi connectivity index (χ1) is 11.8. The molecule has 0 bridgehead atoms. The maximum Gasteiger partial charge on any atom is 0.261 e. The first-order valence-electron chi connectivity index (χ1n) is 8.51. The molecular formula is C19H28N4O2. The van der Waals surface area contributed by atoms with Gasteiger partial charge in [-0.1, -0.05) is 26.0 Å². The monoisotopic (exact) mass is 344 g/mol. The van der Waals surface area contributed by atoms with Gasteiger partial charge in [-0.2, -0.15) is 0 Å². The number of rotatable bonds is 7. The van der Waals surface area contributed by atoms with E-state index in [1.54, 1.807) is 13.1 Å². The Hall–Kier alpha value is -2.50. The van der Waals surface area contributed by atoms with Crippen molar-refractivity contribution in [2.75, 3.05) is 19.0 Å². The average Bonchev–Trinajstić information content (AvgIpc) is 2.93. The second kappa shape index (κ2) is 8.05. The molecule has 0 aliphatic heterocycles. The average molecular weight is 344 g/mol. The van der Waals surface area contributed by atoms with Gasteiger partial charge in [0.1, 0.15) is 5.75 Å². The summed E-state index contributed by atoms with van der Waals surface area (Å²) in [5.41, 5.74) is 2.13. The maximum atomic E-state index is 12.3. The molecule has 1 amide bonds. The van der Waals surface area contributed by atoms with Crippen molar-refractivity contribution >= 4 is 11.9 Å². The highest BCUT2D eigenvalue weighted by atomic mass is 16.5. The number of amides is 1. The summed E-state index contributed by atoms with van der Waals surface area (Å²) in [5, 5.41) is 2.91. The molecule has 0 radical (unpaired) electrons. The highest BCUT2D eigenvalue weighted by Crippen LogP contribution is 2.21. The van der Waals surface area contributed by atoms with Crippen LogP contribution in [0.15, 0.2) is 30.5 Å². The van der Waals surface area contributed by atoms with E-state index in [-0.39, 0.29) is 5.91 Å². The van der Waals surface area contributed by atoms with Gasteiger partial charge >= 0.3 is 0 Å². The van der Waals surface area contributed by atoms with Crippen LogP contribution in [0.1, 0.15) is 37.9 Å². The van der Waals surface area contributed by atoms with E-state index in [2.05, 4.69) is 30.2 Å². The third kappa shape index (κ3) is 4.75. The van der Waals surface area contributed by atoms with Crippen LogP contribution in [0, 0.1) is 0 Å². The van der Waals surface area contributed by atoms with Crippen molar-refractivity contribution in [2.45, 2.75) is 39.3 Å². The van der Waals surface area contributed by atoms with Gasteiger partial charge in [-0.05, 0) is 30.5 Å². The minimum Gasteiger partial charge on any atom is -0.481 e. The van der Waals surface area contributed by atoms with Crippen LogP contribution in [0.2, 0.25) is 0 Å². The Morgan fingerprint density at radius 1 is 1.32 bits per heavy atom. The highest BCUT2D eigenvalue weighted by Gasteiger charge is 2.16. The van der Waals surface area contributed by atoms with Gasteiger partial charge in [0.2, 0.25) is 5.95 Å². The molecule has 0 fully saturated rings. The predicted molar refractivity (Wildman–Crippen MR) is 100 cm³/mol. The van der Waals surface area contributed by atoms with Crippen molar-refractivity contribution in [2.24, 2.45) is 7.05 Å². The number of anilines is 1. The summed E-state index contributed by atoms with van der Waals surface area (Å²) in [4.78, 5) is 18.6. The van der Waals surface area contributed by atoms with Crippen LogP contribution < -0.4 is 15.0 Å². The van der Waals surface area contributed by atoms with Gasteiger partial charge in [0.25, 0.3) is 5.91 Å². The third-order valence-corrected chi connectivity index (χ3v) is 4.11. The minimum absolute atomic E-state index is 0.150. The smallest absolute Gasteiger partial charge is 0.261 e. The lowest BCUT2D eigenvalue weighted by molar-refractivity contribution is -0.127. The van der Waals surface area contributed by atoms with Crippen LogP contribution in [0.4, 0.5) is 5.95 Å². The largest absolute Gasteiger partial charge is 0.481 e.